The molecule has 0 fully saturated rings. The number of pyridine rings is 1. The number of allylic oxidation sites excluding steroid dienone is 1. The van der Waals surface area contributed by atoms with Gasteiger partial charge < -0.3 is 0 Å². The van der Waals surface area contributed by atoms with Crippen molar-refractivity contribution in [2.45, 2.75) is 18.9 Å². The average molecular weight is 298 g/mol. The number of aromatic nitrogens is 1. The molecule has 0 spiro atoms. The molecule has 112 valence electrons. The quantitative estimate of drug-likeness (QED) is 0.649. The number of hydrogen-bond donors (Lipinski definition) is 0. The van der Waals surface area contributed by atoms with Crippen LogP contribution >= 0.6 is 0 Å². The van der Waals surface area contributed by atoms with E-state index in [0.29, 0.717) is 6.04 Å². The van der Waals surface area contributed by atoms with Crippen molar-refractivity contribution >= 4 is 23.1 Å². The normalized spacial score (nSPS) is 16.3. The second kappa shape index (κ2) is 6.17. The summed E-state index contributed by atoms with van der Waals surface area (Å²) in [4.78, 5) is 8.95. The Morgan fingerprint density at radius 3 is 2.83 bits per heavy atom. The summed E-state index contributed by atoms with van der Waals surface area (Å²) in [6.07, 6.45) is 12.3. The van der Waals surface area contributed by atoms with Crippen molar-refractivity contribution in [1.82, 2.24) is 4.98 Å². The van der Waals surface area contributed by atoms with Crippen LogP contribution in [0, 0.1) is 0 Å². The molecule has 1 atom stereocenters. The number of nitrogens with zero attached hydrogens (tertiary/aromatic N) is 2. The molecule has 0 radical (unpaired) electrons. The number of benzene rings is 2. The van der Waals surface area contributed by atoms with Crippen molar-refractivity contribution in [3.8, 4) is 0 Å². The van der Waals surface area contributed by atoms with Gasteiger partial charge in [0.05, 0.1) is 6.04 Å². The summed E-state index contributed by atoms with van der Waals surface area (Å²) in [7, 11) is 0. The molecule has 23 heavy (non-hydrogen) atoms. The third-order valence-electron chi connectivity index (χ3n) is 4.35. The van der Waals surface area contributed by atoms with Gasteiger partial charge in [0, 0.05) is 29.6 Å². The van der Waals surface area contributed by atoms with Crippen molar-refractivity contribution in [3.63, 3.8) is 0 Å². The Bertz CT molecular complexity index is 888. The minimum atomic E-state index is 0.307. The molecule has 2 nitrogen and oxygen atoms in total. The van der Waals surface area contributed by atoms with Gasteiger partial charge in [-0.15, -0.1) is 0 Å². The molecule has 1 aliphatic rings. The third kappa shape index (κ3) is 2.80. The summed E-state index contributed by atoms with van der Waals surface area (Å²) in [6.45, 7) is 0. The maximum atomic E-state index is 4.63. The Labute approximate surface area is 136 Å². The van der Waals surface area contributed by atoms with Gasteiger partial charge in [0.15, 0.2) is 0 Å². The van der Waals surface area contributed by atoms with Crippen molar-refractivity contribution in [3.05, 3.63) is 83.7 Å². The maximum Gasteiger partial charge on any atom is 0.0758 e. The number of aliphatic imine (C=N–C) groups is 1. The smallest absolute Gasteiger partial charge is 0.0758 e. The highest BCUT2D eigenvalue weighted by Gasteiger charge is 2.16. The van der Waals surface area contributed by atoms with E-state index < -0.39 is 0 Å². The van der Waals surface area contributed by atoms with Crippen molar-refractivity contribution in [2.75, 3.05) is 0 Å². The fourth-order valence-corrected chi connectivity index (χ4v) is 3.15. The summed E-state index contributed by atoms with van der Waals surface area (Å²) in [6, 6.07) is 17.2. The van der Waals surface area contributed by atoms with Crippen molar-refractivity contribution < 1.29 is 0 Å². The van der Waals surface area contributed by atoms with Crippen LogP contribution in [0.5, 0.6) is 0 Å². The molecule has 0 bridgehead atoms. The predicted molar refractivity (Wildman–Crippen MR) is 96.8 cm³/mol. The Kier molecular flexibility index (Phi) is 3.73. The lowest BCUT2D eigenvalue weighted by Gasteiger charge is -2.07. The Hall–Kier alpha value is -2.74. The summed E-state index contributed by atoms with van der Waals surface area (Å²) in [5.74, 6) is 0. The van der Waals surface area contributed by atoms with E-state index in [0.717, 1.165) is 12.8 Å². The lowest BCUT2D eigenvalue weighted by molar-refractivity contribution is 0.677. The highest BCUT2D eigenvalue weighted by Crippen LogP contribution is 2.30. The Morgan fingerprint density at radius 2 is 1.83 bits per heavy atom. The first-order chi connectivity index (χ1) is 11.4. The van der Waals surface area contributed by atoms with Crippen LogP contribution in [0.2, 0.25) is 0 Å². The molecule has 2 aromatic carbocycles. The first kappa shape index (κ1) is 13.9. The molecule has 0 saturated heterocycles. The average Bonchev–Trinajstić information content (AvgIpc) is 3.02. The van der Waals surface area contributed by atoms with E-state index in [-0.39, 0.29) is 0 Å². The monoisotopic (exact) mass is 298 g/mol. The van der Waals surface area contributed by atoms with E-state index in [9.17, 15) is 0 Å². The molecule has 4 rings (SSSR count). The molecular formula is C21H18N2. The zero-order valence-electron chi connectivity index (χ0n) is 12.9. The van der Waals surface area contributed by atoms with E-state index in [1.807, 2.05) is 24.7 Å². The lowest BCUT2D eigenvalue weighted by atomic mass is 10.0. The number of fused-ring (bicyclic) bond motifs is 2. The van der Waals surface area contributed by atoms with Crippen LogP contribution in [-0.2, 0) is 0 Å². The minimum absolute atomic E-state index is 0.307. The lowest BCUT2D eigenvalue weighted by Crippen LogP contribution is -1.92. The summed E-state index contributed by atoms with van der Waals surface area (Å²) in [5.41, 5.74) is 3.80. The second-order valence-corrected chi connectivity index (χ2v) is 5.85. The Balaban J connectivity index is 1.45. The van der Waals surface area contributed by atoms with Gasteiger partial charge in [0.25, 0.3) is 0 Å². The van der Waals surface area contributed by atoms with Crippen LogP contribution in [0.4, 0.5) is 0 Å². The third-order valence-corrected chi connectivity index (χ3v) is 4.35. The highest BCUT2D eigenvalue weighted by molar-refractivity contribution is 5.89. The molecule has 1 aromatic heterocycles. The fourth-order valence-electron chi connectivity index (χ4n) is 3.15. The molecule has 2 heteroatoms. The van der Waals surface area contributed by atoms with Crippen LogP contribution in [0.3, 0.4) is 0 Å². The SMILES string of the molecule is C1=NC(CC/C=C/c2cncc3ccccc23)c2ccccc21. The van der Waals surface area contributed by atoms with E-state index in [1.165, 1.54) is 27.5 Å². The summed E-state index contributed by atoms with van der Waals surface area (Å²) < 4.78 is 0. The fraction of sp³-hybridized carbons (Fsp3) is 0.143. The van der Waals surface area contributed by atoms with Gasteiger partial charge in [-0.05, 0) is 29.4 Å². The van der Waals surface area contributed by atoms with E-state index in [4.69, 9.17) is 0 Å². The number of rotatable bonds is 4. The van der Waals surface area contributed by atoms with Gasteiger partial charge >= 0.3 is 0 Å². The van der Waals surface area contributed by atoms with Gasteiger partial charge in [-0.2, -0.15) is 0 Å². The van der Waals surface area contributed by atoms with Crippen LogP contribution in [0.25, 0.3) is 16.8 Å². The zero-order chi connectivity index (χ0) is 15.5. The van der Waals surface area contributed by atoms with Crippen LogP contribution in [0.1, 0.15) is 35.6 Å². The topological polar surface area (TPSA) is 25.2 Å². The first-order valence-electron chi connectivity index (χ1n) is 8.03. The van der Waals surface area contributed by atoms with E-state index in [1.54, 1.807) is 0 Å². The predicted octanol–water partition coefficient (Wildman–Crippen LogP) is 5.20. The van der Waals surface area contributed by atoms with Gasteiger partial charge in [-0.3, -0.25) is 9.98 Å². The standard InChI is InChI=1S/C21H18N2/c1-4-10-19-16(7-1)13-22-14-17(19)8-3-6-12-21-20-11-5-2-9-18(20)15-23-21/h1-5,7-11,13-15,21H,6,12H2/b8-3+. The van der Waals surface area contributed by atoms with Gasteiger partial charge in [-0.25, -0.2) is 0 Å². The molecule has 0 amide bonds. The van der Waals surface area contributed by atoms with Crippen LogP contribution < -0.4 is 0 Å². The molecule has 0 N–H and O–H groups in total. The van der Waals surface area contributed by atoms with Crippen LogP contribution in [-0.4, -0.2) is 11.2 Å². The molecule has 1 aliphatic heterocycles. The minimum Gasteiger partial charge on any atom is -0.284 e. The van der Waals surface area contributed by atoms with Gasteiger partial charge in [0.1, 0.15) is 0 Å². The van der Waals surface area contributed by atoms with Gasteiger partial charge in [-0.1, -0.05) is 60.7 Å². The molecule has 3 aromatic rings. The van der Waals surface area contributed by atoms with Gasteiger partial charge in [0.2, 0.25) is 0 Å². The molecular weight excluding hydrogens is 280 g/mol. The zero-order valence-corrected chi connectivity index (χ0v) is 12.9. The maximum absolute atomic E-state index is 4.63. The Morgan fingerprint density at radius 1 is 0.957 bits per heavy atom. The summed E-state index contributed by atoms with van der Waals surface area (Å²) in [5, 5.41) is 2.44. The largest absolute Gasteiger partial charge is 0.284 e. The highest BCUT2D eigenvalue weighted by atomic mass is 14.8. The van der Waals surface area contributed by atoms with Crippen molar-refractivity contribution in [1.29, 1.82) is 0 Å². The first-order valence-corrected chi connectivity index (χ1v) is 8.03. The van der Waals surface area contributed by atoms with E-state index >= 15 is 0 Å². The second-order valence-electron chi connectivity index (χ2n) is 5.85. The molecule has 0 aliphatic carbocycles. The summed E-state index contributed by atoms with van der Waals surface area (Å²) >= 11 is 0. The van der Waals surface area contributed by atoms with Crippen LogP contribution in [0.15, 0.2) is 72.0 Å². The number of hydrogen-bond acceptors (Lipinski definition) is 2. The molecule has 2 heterocycles. The van der Waals surface area contributed by atoms with E-state index in [2.05, 4.69) is 64.6 Å². The molecule has 1 unspecified atom stereocenters. The molecule has 0 saturated carbocycles. The van der Waals surface area contributed by atoms with Crippen molar-refractivity contribution in [2.24, 2.45) is 4.99 Å².